The van der Waals surface area contributed by atoms with Crippen LogP contribution in [0.1, 0.15) is 19.8 Å². The van der Waals surface area contributed by atoms with E-state index in [1.807, 2.05) is 6.92 Å². The second-order valence-corrected chi connectivity index (χ2v) is 13.3. The summed E-state index contributed by atoms with van der Waals surface area (Å²) in [6.07, 6.45) is 2.18. The summed E-state index contributed by atoms with van der Waals surface area (Å²) in [5.41, 5.74) is 0. The van der Waals surface area contributed by atoms with Gasteiger partial charge in [-0.2, -0.15) is 0 Å². The van der Waals surface area contributed by atoms with Crippen LogP contribution in [0.4, 0.5) is 0 Å². The molecule has 0 N–H and O–H groups in total. The minimum absolute atomic E-state index is 0.192. The molecule has 0 saturated carbocycles. The number of hydrogen-bond donors (Lipinski definition) is 0. The minimum Gasteiger partial charge on any atom is -0.248 e. The SMILES string of the molecule is CC(I)(I)S1(=O)=NCCCC1. The molecule has 0 spiro atoms. The van der Waals surface area contributed by atoms with Gasteiger partial charge in [0.2, 0.25) is 0 Å². The fourth-order valence-corrected chi connectivity index (χ4v) is 4.87. The highest BCUT2D eigenvalue weighted by Gasteiger charge is 2.31. The van der Waals surface area contributed by atoms with Gasteiger partial charge in [0.05, 0.1) is 9.73 Å². The molecule has 2 nitrogen and oxygen atoms in total. The van der Waals surface area contributed by atoms with E-state index in [1.165, 1.54) is 0 Å². The zero-order valence-corrected chi connectivity index (χ0v) is 11.5. The first-order chi connectivity index (χ1) is 4.96. The van der Waals surface area contributed by atoms with Gasteiger partial charge in [0.15, 0.2) is 0.760 Å². The molecule has 5 heteroatoms. The van der Waals surface area contributed by atoms with Crippen molar-refractivity contribution in [3.63, 3.8) is 0 Å². The molecule has 0 bridgehead atoms. The second kappa shape index (κ2) is 3.65. The summed E-state index contributed by atoms with van der Waals surface area (Å²) in [4.78, 5) is 0. The summed E-state index contributed by atoms with van der Waals surface area (Å²) in [6.45, 7) is 2.78. The first-order valence-corrected chi connectivity index (χ1v) is 7.38. The van der Waals surface area contributed by atoms with Crippen LogP contribution in [0.2, 0.25) is 0 Å². The van der Waals surface area contributed by atoms with E-state index in [1.54, 1.807) is 0 Å². The molecule has 0 aliphatic carbocycles. The minimum atomic E-state index is -1.91. The third-order valence-electron chi connectivity index (χ3n) is 1.69. The molecule has 11 heavy (non-hydrogen) atoms. The number of alkyl halides is 2. The molecule has 0 aromatic rings. The lowest BCUT2D eigenvalue weighted by Crippen LogP contribution is -2.26. The lowest BCUT2D eigenvalue weighted by Gasteiger charge is -2.23. The lowest BCUT2D eigenvalue weighted by molar-refractivity contribution is 0.658. The molecule has 66 valence electrons. The van der Waals surface area contributed by atoms with Gasteiger partial charge in [-0.3, -0.25) is 0 Å². The zero-order valence-electron chi connectivity index (χ0n) is 6.35. The maximum atomic E-state index is 12.0. The normalized spacial score (nSPS) is 33.0. The van der Waals surface area contributed by atoms with E-state index in [4.69, 9.17) is 0 Å². The van der Waals surface area contributed by atoms with Gasteiger partial charge in [-0.1, -0.05) is 45.2 Å². The van der Waals surface area contributed by atoms with E-state index in [2.05, 4.69) is 49.5 Å². The van der Waals surface area contributed by atoms with Crippen molar-refractivity contribution >= 4 is 54.9 Å². The summed E-state index contributed by atoms with van der Waals surface area (Å²) in [7, 11) is -1.91. The molecule has 0 fully saturated rings. The quantitative estimate of drug-likeness (QED) is 0.493. The summed E-state index contributed by atoms with van der Waals surface area (Å²) in [5.74, 6) is 0.787. The van der Waals surface area contributed by atoms with Gasteiger partial charge >= 0.3 is 0 Å². The number of rotatable bonds is 1. The molecule has 0 radical (unpaired) electrons. The molecule has 0 aromatic heterocycles. The Hall–Kier alpha value is 1.41. The van der Waals surface area contributed by atoms with Crippen molar-refractivity contribution in [2.24, 2.45) is 4.36 Å². The Bertz CT molecular complexity index is 250. The molecule has 1 aliphatic rings. The zero-order chi connectivity index (χ0) is 8.54. The van der Waals surface area contributed by atoms with Crippen molar-refractivity contribution < 1.29 is 4.21 Å². The molecule has 1 rings (SSSR count). The van der Waals surface area contributed by atoms with Crippen molar-refractivity contribution in [1.29, 1.82) is 0 Å². The van der Waals surface area contributed by atoms with E-state index in [0.29, 0.717) is 0 Å². The van der Waals surface area contributed by atoms with Gasteiger partial charge in [-0.15, -0.1) is 0 Å². The predicted octanol–water partition coefficient (Wildman–Crippen LogP) is 2.79. The van der Waals surface area contributed by atoms with Crippen molar-refractivity contribution in [1.82, 2.24) is 0 Å². The van der Waals surface area contributed by atoms with Crippen LogP contribution in [0.5, 0.6) is 0 Å². The molecular formula is C6H11I2NOS. The topological polar surface area (TPSA) is 29.4 Å². The Balaban J connectivity index is 2.99. The Morgan fingerprint density at radius 1 is 1.45 bits per heavy atom. The average molecular weight is 399 g/mol. The van der Waals surface area contributed by atoms with Gasteiger partial charge in [0, 0.05) is 12.3 Å². The monoisotopic (exact) mass is 399 g/mol. The van der Waals surface area contributed by atoms with Crippen LogP contribution in [0.15, 0.2) is 4.36 Å². The molecule has 0 amide bonds. The summed E-state index contributed by atoms with van der Waals surface area (Å²) in [5, 5.41) is 0. The third kappa shape index (κ3) is 2.43. The van der Waals surface area contributed by atoms with Gasteiger partial charge in [0.25, 0.3) is 0 Å². The first kappa shape index (κ1) is 10.5. The van der Waals surface area contributed by atoms with Gasteiger partial charge in [-0.25, -0.2) is 8.57 Å². The molecule has 1 atom stereocenters. The highest BCUT2D eigenvalue weighted by Crippen LogP contribution is 2.37. The molecule has 1 unspecified atom stereocenters. The molecule has 1 aliphatic heterocycles. The predicted molar refractivity (Wildman–Crippen MR) is 66.0 cm³/mol. The largest absolute Gasteiger partial charge is 0.248 e. The van der Waals surface area contributed by atoms with Gasteiger partial charge in [-0.05, 0) is 19.8 Å². The highest BCUT2D eigenvalue weighted by molar-refractivity contribution is 14.2. The first-order valence-electron chi connectivity index (χ1n) is 3.54. The van der Waals surface area contributed by atoms with Crippen LogP contribution in [-0.2, 0) is 9.73 Å². The Labute approximate surface area is 95.4 Å². The van der Waals surface area contributed by atoms with Crippen LogP contribution in [0.3, 0.4) is 0 Å². The van der Waals surface area contributed by atoms with Crippen LogP contribution in [0.25, 0.3) is 0 Å². The Morgan fingerprint density at radius 2 is 2.09 bits per heavy atom. The molecular weight excluding hydrogens is 388 g/mol. The van der Waals surface area contributed by atoms with Crippen molar-refractivity contribution in [3.05, 3.63) is 0 Å². The standard InChI is InChI=1S/C6H11I2NOS/c1-6(7,8)11(10)5-3-2-4-9-11/h2-5H2,1H3. The Kier molecular flexibility index (Phi) is 3.48. The number of nitrogens with zero attached hydrogens (tertiary/aromatic N) is 1. The average Bonchev–Trinajstić information content (AvgIpc) is 1.87. The fourth-order valence-electron chi connectivity index (χ4n) is 0.979. The molecule has 0 saturated heterocycles. The van der Waals surface area contributed by atoms with E-state index < -0.39 is 9.73 Å². The van der Waals surface area contributed by atoms with Gasteiger partial charge in [0.1, 0.15) is 0 Å². The van der Waals surface area contributed by atoms with Crippen molar-refractivity contribution in [3.8, 4) is 0 Å². The second-order valence-electron chi connectivity index (χ2n) is 2.71. The summed E-state index contributed by atoms with van der Waals surface area (Å²) >= 11 is 4.46. The number of halogens is 2. The summed E-state index contributed by atoms with van der Waals surface area (Å²) < 4.78 is 16.1. The maximum absolute atomic E-state index is 12.0. The highest BCUT2D eigenvalue weighted by atomic mass is 127. The molecule has 1 heterocycles. The van der Waals surface area contributed by atoms with E-state index in [-0.39, 0.29) is 0.760 Å². The number of hydrogen-bond acceptors (Lipinski definition) is 2. The van der Waals surface area contributed by atoms with E-state index in [0.717, 1.165) is 25.1 Å². The van der Waals surface area contributed by atoms with E-state index >= 15 is 0 Å². The van der Waals surface area contributed by atoms with Crippen LogP contribution in [-0.4, -0.2) is 17.3 Å². The van der Waals surface area contributed by atoms with Crippen LogP contribution < -0.4 is 0 Å². The van der Waals surface area contributed by atoms with Gasteiger partial charge < -0.3 is 0 Å². The fraction of sp³-hybridized carbons (Fsp3) is 1.00. The maximum Gasteiger partial charge on any atom is 0.153 e. The van der Waals surface area contributed by atoms with Crippen molar-refractivity contribution in [2.45, 2.75) is 20.5 Å². The van der Waals surface area contributed by atoms with Crippen molar-refractivity contribution in [2.75, 3.05) is 12.3 Å². The van der Waals surface area contributed by atoms with E-state index in [9.17, 15) is 4.21 Å². The summed E-state index contributed by atoms with van der Waals surface area (Å²) in [6, 6.07) is 0. The molecule has 0 aromatic carbocycles. The van der Waals surface area contributed by atoms with Crippen LogP contribution in [0, 0.1) is 0 Å². The third-order valence-corrected chi connectivity index (χ3v) is 8.38. The smallest absolute Gasteiger partial charge is 0.153 e. The lowest BCUT2D eigenvalue weighted by atomic mass is 10.3. The Morgan fingerprint density at radius 3 is 2.36 bits per heavy atom. The van der Waals surface area contributed by atoms with Crippen LogP contribution >= 0.6 is 45.2 Å².